The fourth-order valence-electron chi connectivity index (χ4n) is 2.15. The second kappa shape index (κ2) is 5.06. The molecule has 0 bridgehead atoms. The molecule has 1 aromatic heterocycles. The first-order valence-corrected chi connectivity index (χ1v) is 6.34. The Morgan fingerprint density at radius 2 is 2.17 bits per heavy atom. The number of likely N-dealkylation sites (tertiary alicyclic amines) is 1. The topological polar surface area (TPSA) is 53.4 Å². The van der Waals surface area contributed by atoms with Crippen molar-refractivity contribution in [3.8, 4) is 0 Å². The summed E-state index contributed by atoms with van der Waals surface area (Å²) < 4.78 is 0. The Labute approximate surface area is 108 Å². The Morgan fingerprint density at radius 3 is 2.78 bits per heavy atom. The van der Waals surface area contributed by atoms with Gasteiger partial charge < -0.3 is 10.0 Å². The van der Waals surface area contributed by atoms with Crippen LogP contribution in [0.3, 0.4) is 0 Å². The highest BCUT2D eigenvalue weighted by molar-refractivity contribution is 5.78. The van der Waals surface area contributed by atoms with Crippen molar-refractivity contribution in [1.29, 1.82) is 0 Å². The highest BCUT2D eigenvalue weighted by atomic mass is 16.3. The van der Waals surface area contributed by atoms with Crippen LogP contribution in [-0.4, -0.2) is 40.1 Å². The number of pyridine rings is 1. The van der Waals surface area contributed by atoms with Crippen LogP contribution in [0.4, 0.5) is 0 Å². The highest BCUT2D eigenvalue weighted by Crippen LogP contribution is 2.30. The van der Waals surface area contributed by atoms with Crippen LogP contribution in [0.25, 0.3) is 0 Å². The van der Waals surface area contributed by atoms with E-state index < -0.39 is 6.10 Å². The van der Waals surface area contributed by atoms with E-state index in [1.54, 1.807) is 17.3 Å². The largest absolute Gasteiger partial charge is 0.391 e. The van der Waals surface area contributed by atoms with Crippen molar-refractivity contribution in [1.82, 2.24) is 9.88 Å². The molecule has 1 atom stereocenters. The molecule has 1 aliphatic rings. The van der Waals surface area contributed by atoms with Crippen LogP contribution in [0.15, 0.2) is 24.5 Å². The first kappa shape index (κ1) is 13.0. The summed E-state index contributed by atoms with van der Waals surface area (Å²) in [5, 5.41) is 10.0. The van der Waals surface area contributed by atoms with Crippen molar-refractivity contribution in [2.75, 3.05) is 13.1 Å². The molecule has 2 heterocycles. The van der Waals surface area contributed by atoms with Crippen molar-refractivity contribution in [2.45, 2.75) is 32.8 Å². The zero-order valence-corrected chi connectivity index (χ0v) is 11.0. The number of rotatable bonds is 2. The van der Waals surface area contributed by atoms with Crippen molar-refractivity contribution in [2.24, 2.45) is 5.41 Å². The zero-order valence-electron chi connectivity index (χ0n) is 11.0. The second-order valence-electron chi connectivity index (χ2n) is 5.63. The van der Waals surface area contributed by atoms with E-state index in [1.165, 1.54) is 0 Å². The van der Waals surface area contributed by atoms with E-state index in [-0.39, 0.29) is 11.3 Å². The van der Waals surface area contributed by atoms with Gasteiger partial charge in [0.1, 0.15) is 0 Å². The Bertz CT molecular complexity index is 417. The van der Waals surface area contributed by atoms with E-state index >= 15 is 0 Å². The number of β-amino-alcohol motifs (C(OH)–C–C–N with tert-alkyl or cyclic N) is 1. The van der Waals surface area contributed by atoms with Gasteiger partial charge in [0.15, 0.2) is 0 Å². The van der Waals surface area contributed by atoms with E-state index in [4.69, 9.17) is 0 Å². The summed E-state index contributed by atoms with van der Waals surface area (Å²) in [6.45, 7) is 5.26. The molecule has 1 amide bonds. The smallest absolute Gasteiger partial charge is 0.227 e. The molecule has 1 fully saturated rings. The number of piperidine rings is 1. The Hall–Kier alpha value is -1.42. The third-order valence-corrected chi connectivity index (χ3v) is 3.78. The monoisotopic (exact) mass is 248 g/mol. The predicted molar refractivity (Wildman–Crippen MR) is 68.9 cm³/mol. The van der Waals surface area contributed by atoms with Gasteiger partial charge in [-0.05, 0) is 29.5 Å². The van der Waals surface area contributed by atoms with Crippen molar-refractivity contribution < 1.29 is 9.90 Å². The van der Waals surface area contributed by atoms with Crippen molar-refractivity contribution in [3.63, 3.8) is 0 Å². The van der Waals surface area contributed by atoms with Gasteiger partial charge in [0.2, 0.25) is 5.91 Å². The predicted octanol–water partition coefficient (Wildman–Crippen LogP) is 1.24. The maximum Gasteiger partial charge on any atom is 0.227 e. The van der Waals surface area contributed by atoms with Gasteiger partial charge in [-0.25, -0.2) is 0 Å². The fraction of sp³-hybridized carbons (Fsp3) is 0.571. The maximum absolute atomic E-state index is 12.1. The summed E-state index contributed by atoms with van der Waals surface area (Å²) >= 11 is 0. The zero-order chi connectivity index (χ0) is 13.2. The molecule has 1 aliphatic heterocycles. The summed E-state index contributed by atoms with van der Waals surface area (Å²) in [5.74, 6) is 0.0794. The number of aliphatic hydroxyl groups is 1. The average molecular weight is 248 g/mol. The SMILES string of the molecule is CC1(C)CCN(C(=O)Cc2ccncc2)CC1O. The number of hydrogen-bond acceptors (Lipinski definition) is 3. The Kier molecular flexibility index (Phi) is 3.66. The number of amides is 1. The third-order valence-electron chi connectivity index (χ3n) is 3.78. The molecular formula is C14H20N2O2. The minimum atomic E-state index is -0.437. The summed E-state index contributed by atoms with van der Waals surface area (Å²) in [7, 11) is 0. The molecule has 0 aromatic carbocycles. The lowest BCUT2D eigenvalue weighted by atomic mass is 9.80. The molecule has 0 radical (unpaired) electrons. The average Bonchev–Trinajstić information content (AvgIpc) is 2.34. The van der Waals surface area contributed by atoms with Gasteiger partial charge in [0.05, 0.1) is 12.5 Å². The van der Waals surface area contributed by atoms with E-state index in [0.29, 0.717) is 13.0 Å². The van der Waals surface area contributed by atoms with Gasteiger partial charge in [-0.3, -0.25) is 9.78 Å². The van der Waals surface area contributed by atoms with Crippen LogP contribution in [0.1, 0.15) is 25.8 Å². The number of aromatic nitrogens is 1. The standard InChI is InChI=1S/C14H20N2O2/c1-14(2)5-8-16(10-12(14)17)13(18)9-11-3-6-15-7-4-11/h3-4,6-7,12,17H,5,8-10H2,1-2H3. The summed E-state index contributed by atoms with van der Waals surface area (Å²) in [6.07, 6.45) is 4.17. The lowest BCUT2D eigenvalue weighted by Crippen LogP contribution is -2.50. The van der Waals surface area contributed by atoms with E-state index in [2.05, 4.69) is 4.98 Å². The van der Waals surface area contributed by atoms with Gasteiger partial charge in [-0.2, -0.15) is 0 Å². The molecule has 1 unspecified atom stereocenters. The van der Waals surface area contributed by atoms with Gasteiger partial charge in [0.25, 0.3) is 0 Å². The van der Waals surface area contributed by atoms with Crippen LogP contribution in [0, 0.1) is 5.41 Å². The molecular weight excluding hydrogens is 228 g/mol. The molecule has 98 valence electrons. The van der Waals surface area contributed by atoms with Gasteiger partial charge >= 0.3 is 0 Å². The lowest BCUT2D eigenvalue weighted by Gasteiger charge is -2.41. The molecule has 4 heteroatoms. The fourth-order valence-corrected chi connectivity index (χ4v) is 2.15. The molecule has 2 rings (SSSR count). The Morgan fingerprint density at radius 1 is 1.50 bits per heavy atom. The van der Waals surface area contributed by atoms with Crippen LogP contribution in [0.2, 0.25) is 0 Å². The molecule has 4 nitrogen and oxygen atoms in total. The molecule has 0 aliphatic carbocycles. The molecule has 18 heavy (non-hydrogen) atoms. The molecule has 1 aromatic rings. The minimum Gasteiger partial charge on any atom is -0.391 e. The van der Waals surface area contributed by atoms with Crippen molar-refractivity contribution in [3.05, 3.63) is 30.1 Å². The van der Waals surface area contributed by atoms with E-state index in [9.17, 15) is 9.90 Å². The third kappa shape index (κ3) is 2.88. The Balaban J connectivity index is 1.95. The minimum absolute atomic E-state index is 0.0794. The summed E-state index contributed by atoms with van der Waals surface area (Å²) in [5.41, 5.74) is 0.877. The van der Waals surface area contributed by atoms with Crippen molar-refractivity contribution >= 4 is 5.91 Å². The van der Waals surface area contributed by atoms with Crippen LogP contribution < -0.4 is 0 Å². The summed E-state index contributed by atoms with van der Waals surface area (Å²) in [4.78, 5) is 17.8. The number of aliphatic hydroxyl groups excluding tert-OH is 1. The number of hydrogen-bond donors (Lipinski definition) is 1. The normalized spacial score (nSPS) is 22.8. The summed E-state index contributed by atoms with van der Waals surface area (Å²) in [6, 6.07) is 3.70. The maximum atomic E-state index is 12.1. The van der Waals surface area contributed by atoms with Crippen LogP contribution in [-0.2, 0) is 11.2 Å². The first-order chi connectivity index (χ1) is 8.49. The second-order valence-corrected chi connectivity index (χ2v) is 5.63. The van der Waals surface area contributed by atoms with E-state index in [1.807, 2.05) is 26.0 Å². The number of nitrogens with zero attached hydrogens (tertiary/aromatic N) is 2. The highest BCUT2D eigenvalue weighted by Gasteiger charge is 2.35. The molecule has 1 N–H and O–H groups in total. The molecule has 0 spiro atoms. The first-order valence-electron chi connectivity index (χ1n) is 6.34. The number of carbonyl (C=O) groups is 1. The van der Waals surface area contributed by atoms with E-state index in [0.717, 1.165) is 18.5 Å². The van der Waals surface area contributed by atoms with Gasteiger partial charge in [-0.1, -0.05) is 13.8 Å². The molecule has 0 saturated carbocycles. The van der Waals surface area contributed by atoms with Gasteiger partial charge in [0, 0.05) is 25.5 Å². The lowest BCUT2D eigenvalue weighted by molar-refractivity contribution is -0.137. The molecule has 1 saturated heterocycles. The quantitative estimate of drug-likeness (QED) is 0.857. The number of carbonyl (C=O) groups excluding carboxylic acids is 1. The van der Waals surface area contributed by atoms with Crippen LogP contribution in [0.5, 0.6) is 0 Å². The van der Waals surface area contributed by atoms with Gasteiger partial charge in [-0.15, -0.1) is 0 Å². The van der Waals surface area contributed by atoms with Crippen LogP contribution >= 0.6 is 0 Å².